The minimum atomic E-state index is -2.94. The van der Waals surface area contributed by atoms with E-state index in [1.807, 2.05) is 24.9 Å². The molecular weight excluding hydrogens is 356 g/mol. The highest BCUT2D eigenvalue weighted by molar-refractivity contribution is 7.91. The molecule has 0 amide bonds. The number of anilines is 2. The number of piperidine rings is 1. The van der Waals surface area contributed by atoms with Gasteiger partial charge in [0.25, 0.3) is 0 Å². The normalized spacial score (nSPS) is 27.2. The molecule has 0 N–H and O–H groups in total. The van der Waals surface area contributed by atoms with E-state index in [2.05, 4.69) is 9.88 Å². The molecule has 0 saturated carbocycles. The summed E-state index contributed by atoms with van der Waals surface area (Å²) in [6.07, 6.45) is 2.27. The molecular formula is C17H26N4O4S. The van der Waals surface area contributed by atoms with Gasteiger partial charge >= 0.3 is 0 Å². The van der Waals surface area contributed by atoms with Crippen molar-refractivity contribution < 1.29 is 17.9 Å². The van der Waals surface area contributed by atoms with Gasteiger partial charge in [0.15, 0.2) is 15.6 Å². The second-order valence-corrected chi connectivity index (χ2v) is 9.66. The fourth-order valence-electron chi connectivity index (χ4n) is 3.96. The zero-order chi connectivity index (χ0) is 18.4. The van der Waals surface area contributed by atoms with Gasteiger partial charge in [-0.1, -0.05) is 0 Å². The lowest BCUT2D eigenvalue weighted by atomic mass is 10.0. The van der Waals surface area contributed by atoms with Crippen LogP contribution in [0.2, 0.25) is 0 Å². The van der Waals surface area contributed by atoms with E-state index < -0.39 is 15.6 Å². The van der Waals surface area contributed by atoms with Gasteiger partial charge in [0, 0.05) is 50.8 Å². The van der Waals surface area contributed by atoms with Crippen molar-refractivity contribution in [1.29, 1.82) is 0 Å². The number of aryl methyl sites for hydroxylation is 1. The highest BCUT2D eigenvalue weighted by Gasteiger charge is 2.40. The Morgan fingerprint density at radius 3 is 2.54 bits per heavy atom. The SMILES string of the molecule is Cc1cc(N2CCC3(CC2)OCCO3)nc(N(C)C2CCS(=O)(=O)C2)n1. The van der Waals surface area contributed by atoms with E-state index in [9.17, 15) is 8.42 Å². The summed E-state index contributed by atoms with van der Waals surface area (Å²) in [5, 5.41) is 0. The maximum Gasteiger partial charge on any atom is 0.227 e. The van der Waals surface area contributed by atoms with Crippen molar-refractivity contribution in [3.63, 3.8) is 0 Å². The van der Waals surface area contributed by atoms with Gasteiger partial charge in [-0.25, -0.2) is 13.4 Å². The van der Waals surface area contributed by atoms with Gasteiger partial charge in [-0.05, 0) is 13.3 Å². The van der Waals surface area contributed by atoms with Crippen molar-refractivity contribution in [3.05, 3.63) is 11.8 Å². The van der Waals surface area contributed by atoms with Gasteiger partial charge in [0.05, 0.1) is 24.7 Å². The fraction of sp³-hybridized carbons (Fsp3) is 0.765. The molecule has 3 saturated heterocycles. The quantitative estimate of drug-likeness (QED) is 0.757. The molecule has 1 spiro atoms. The minimum Gasteiger partial charge on any atom is -0.356 e. The highest BCUT2D eigenvalue weighted by atomic mass is 32.2. The van der Waals surface area contributed by atoms with Crippen LogP contribution in [0.25, 0.3) is 0 Å². The van der Waals surface area contributed by atoms with Gasteiger partial charge in [-0.2, -0.15) is 4.98 Å². The Bertz CT molecular complexity index is 769. The first-order valence-electron chi connectivity index (χ1n) is 9.18. The number of aromatic nitrogens is 2. The lowest BCUT2D eigenvalue weighted by Gasteiger charge is -2.38. The summed E-state index contributed by atoms with van der Waals surface area (Å²) in [5.41, 5.74) is 0.881. The Morgan fingerprint density at radius 2 is 1.92 bits per heavy atom. The molecule has 3 aliphatic heterocycles. The lowest BCUT2D eigenvalue weighted by molar-refractivity contribution is -0.169. The molecule has 9 heteroatoms. The third kappa shape index (κ3) is 3.52. The molecule has 4 heterocycles. The number of nitrogens with zero attached hydrogens (tertiary/aromatic N) is 4. The van der Waals surface area contributed by atoms with E-state index in [-0.39, 0.29) is 17.5 Å². The summed E-state index contributed by atoms with van der Waals surface area (Å²) in [7, 11) is -1.05. The first-order chi connectivity index (χ1) is 12.4. The Morgan fingerprint density at radius 1 is 1.23 bits per heavy atom. The van der Waals surface area contributed by atoms with Crippen molar-refractivity contribution in [1.82, 2.24) is 9.97 Å². The average Bonchev–Trinajstić information content (AvgIpc) is 3.21. The summed E-state index contributed by atoms with van der Waals surface area (Å²) in [6.45, 7) is 4.93. The van der Waals surface area contributed by atoms with Crippen LogP contribution in [-0.2, 0) is 19.3 Å². The van der Waals surface area contributed by atoms with Crippen LogP contribution < -0.4 is 9.80 Å². The molecule has 0 bridgehead atoms. The van der Waals surface area contributed by atoms with Crippen LogP contribution in [0.1, 0.15) is 25.0 Å². The van der Waals surface area contributed by atoms with Gasteiger partial charge < -0.3 is 19.3 Å². The molecule has 3 fully saturated rings. The third-order valence-corrected chi connectivity index (χ3v) is 7.31. The molecule has 0 radical (unpaired) electrons. The van der Waals surface area contributed by atoms with Crippen molar-refractivity contribution >= 4 is 21.6 Å². The van der Waals surface area contributed by atoms with Gasteiger partial charge in [0.2, 0.25) is 5.95 Å². The van der Waals surface area contributed by atoms with Crippen molar-refractivity contribution in [2.45, 2.75) is 38.0 Å². The Kier molecular flexibility index (Phi) is 4.56. The number of sulfone groups is 1. The molecule has 8 nitrogen and oxygen atoms in total. The van der Waals surface area contributed by atoms with Gasteiger partial charge in [-0.15, -0.1) is 0 Å². The molecule has 1 aromatic heterocycles. The lowest BCUT2D eigenvalue weighted by Crippen LogP contribution is -2.45. The number of hydrogen-bond donors (Lipinski definition) is 0. The minimum absolute atomic E-state index is 0.0560. The monoisotopic (exact) mass is 382 g/mol. The van der Waals surface area contributed by atoms with Crippen LogP contribution in [0.5, 0.6) is 0 Å². The highest BCUT2D eigenvalue weighted by Crippen LogP contribution is 2.33. The fourth-order valence-corrected chi connectivity index (χ4v) is 5.74. The second kappa shape index (κ2) is 6.61. The molecule has 4 rings (SSSR count). The van der Waals surface area contributed by atoms with Crippen LogP contribution in [0.15, 0.2) is 6.07 Å². The maximum atomic E-state index is 11.8. The third-order valence-electron chi connectivity index (χ3n) is 5.56. The van der Waals surface area contributed by atoms with Crippen LogP contribution in [0, 0.1) is 6.92 Å². The number of ether oxygens (including phenoxy) is 2. The number of rotatable bonds is 3. The molecule has 1 unspecified atom stereocenters. The molecule has 3 aliphatic rings. The Balaban J connectivity index is 1.50. The van der Waals surface area contributed by atoms with E-state index >= 15 is 0 Å². The summed E-state index contributed by atoms with van der Waals surface area (Å²) in [6, 6.07) is 1.93. The molecule has 1 atom stereocenters. The number of hydrogen-bond acceptors (Lipinski definition) is 8. The van der Waals surface area contributed by atoms with E-state index in [1.165, 1.54) is 0 Å². The summed E-state index contributed by atoms with van der Waals surface area (Å²) in [4.78, 5) is 13.4. The summed E-state index contributed by atoms with van der Waals surface area (Å²) >= 11 is 0. The van der Waals surface area contributed by atoms with Crippen molar-refractivity contribution in [2.24, 2.45) is 0 Å². The largest absolute Gasteiger partial charge is 0.356 e. The molecule has 26 heavy (non-hydrogen) atoms. The Hall–Kier alpha value is -1.45. The van der Waals surface area contributed by atoms with Crippen LogP contribution in [0.3, 0.4) is 0 Å². The van der Waals surface area contributed by atoms with Crippen LogP contribution in [0.4, 0.5) is 11.8 Å². The smallest absolute Gasteiger partial charge is 0.227 e. The Labute approximate surface area is 154 Å². The van der Waals surface area contributed by atoms with Crippen molar-refractivity contribution in [2.75, 3.05) is 54.7 Å². The first-order valence-corrected chi connectivity index (χ1v) is 11.0. The van der Waals surface area contributed by atoms with Gasteiger partial charge in [0.1, 0.15) is 5.82 Å². The van der Waals surface area contributed by atoms with Crippen LogP contribution >= 0.6 is 0 Å². The second-order valence-electron chi connectivity index (χ2n) is 7.43. The molecule has 0 aromatic carbocycles. The summed E-state index contributed by atoms with van der Waals surface area (Å²) < 4.78 is 35.1. The zero-order valence-corrected chi connectivity index (χ0v) is 16.2. The van der Waals surface area contributed by atoms with E-state index in [1.54, 1.807) is 0 Å². The molecule has 1 aromatic rings. The predicted octanol–water partition coefficient (Wildman–Crippen LogP) is 0.752. The van der Waals surface area contributed by atoms with Gasteiger partial charge in [-0.3, -0.25) is 0 Å². The molecule has 0 aliphatic carbocycles. The zero-order valence-electron chi connectivity index (χ0n) is 15.3. The van der Waals surface area contributed by atoms with Crippen LogP contribution in [-0.4, -0.2) is 75.1 Å². The first kappa shape index (κ1) is 17.9. The summed E-state index contributed by atoms with van der Waals surface area (Å²) in [5.74, 6) is 1.49. The topological polar surface area (TPSA) is 84.9 Å². The average molecular weight is 382 g/mol. The van der Waals surface area contributed by atoms with E-state index in [0.29, 0.717) is 25.6 Å². The standard InChI is InChI=1S/C17H26N4O4S/c1-13-11-15(21-6-4-17(5-7-21)24-8-9-25-17)19-16(18-13)20(2)14-3-10-26(22,23)12-14/h11,14H,3-10,12H2,1-2H3. The van der Waals surface area contributed by atoms with E-state index in [0.717, 1.165) is 37.4 Å². The van der Waals surface area contributed by atoms with Crippen molar-refractivity contribution in [3.8, 4) is 0 Å². The predicted molar refractivity (Wildman–Crippen MR) is 98.3 cm³/mol. The molecule has 144 valence electrons. The maximum absolute atomic E-state index is 11.8. The van der Waals surface area contributed by atoms with E-state index in [4.69, 9.17) is 14.5 Å².